The Hall–Kier alpha value is -1.20. The highest BCUT2D eigenvalue weighted by molar-refractivity contribution is 7.99. The number of benzene rings is 1. The second-order valence-corrected chi connectivity index (χ2v) is 7.96. The van der Waals surface area contributed by atoms with Crippen molar-refractivity contribution >= 4 is 17.7 Å². The van der Waals surface area contributed by atoms with Crippen LogP contribution in [0.15, 0.2) is 29.3 Å². The fourth-order valence-electron chi connectivity index (χ4n) is 3.46. The van der Waals surface area contributed by atoms with Crippen LogP contribution in [0.5, 0.6) is 0 Å². The lowest BCUT2D eigenvalue weighted by Gasteiger charge is -2.27. The highest BCUT2D eigenvalue weighted by Crippen LogP contribution is 2.17. The van der Waals surface area contributed by atoms with Gasteiger partial charge in [0.05, 0.1) is 6.54 Å². The molecule has 2 saturated heterocycles. The van der Waals surface area contributed by atoms with Crippen molar-refractivity contribution in [2.24, 2.45) is 10.7 Å². The number of hydrogen-bond acceptors (Lipinski definition) is 3. The first-order valence-electron chi connectivity index (χ1n) is 9.25. The molecular weight excluding hydrogens is 316 g/mol. The Morgan fingerprint density at radius 3 is 2.33 bits per heavy atom. The third-order valence-electron chi connectivity index (χ3n) is 4.96. The minimum Gasteiger partial charge on any atom is -0.370 e. The minimum atomic E-state index is 0.694. The van der Waals surface area contributed by atoms with Crippen LogP contribution in [-0.4, -0.2) is 53.4 Å². The van der Waals surface area contributed by atoms with Gasteiger partial charge in [-0.3, -0.25) is 4.90 Å². The molecule has 0 spiro atoms. The number of likely N-dealkylation sites (tertiary alicyclic amines) is 1. The van der Waals surface area contributed by atoms with Gasteiger partial charge in [0, 0.05) is 31.1 Å². The third-order valence-corrected chi connectivity index (χ3v) is 5.90. The predicted octanol–water partition coefficient (Wildman–Crippen LogP) is 2.93. The monoisotopic (exact) mass is 346 g/mol. The molecular formula is C19H30N4S. The summed E-state index contributed by atoms with van der Waals surface area (Å²) in [5.41, 5.74) is 8.93. The van der Waals surface area contributed by atoms with Gasteiger partial charge in [-0.15, -0.1) is 0 Å². The molecule has 0 aliphatic carbocycles. The van der Waals surface area contributed by atoms with Gasteiger partial charge in [0.1, 0.15) is 0 Å². The lowest BCUT2D eigenvalue weighted by molar-refractivity contribution is 0.276. The number of nitrogens with two attached hydrogens (primary N) is 1. The lowest BCUT2D eigenvalue weighted by Crippen LogP contribution is -2.42. The van der Waals surface area contributed by atoms with Crippen molar-refractivity contribution in [3.05, 3.63) is 35.4 Å². The predicted molar refractivity (Wildman–Crippen MR) is 104 cm³/mol. The molecule has 2 aliphatic rings. The maximum absolute atomic E-state index is 6.21. The highest BCUT2D eigenvalue weighted by atomic mass is 32.2. The normalized spacial score (nSPS) is 20.8. The molecule has 5 heteroatoms. The van der Waals surface area contributed by atoms with Crippen LogP contribution < -0.4 is 5.73 Å². The molecule has 24 heavy (non-hydrogen) atoms. The van der Waals surface area contributed by atoms with Gasteiger partial charge < -0.3 is 10.6 Å². The van der Waals surface area contributed by atoms with Crippen molar-refractivity contribution in [2.75, 3.05) is 37.7 Å². The van der Waals surface area contributed by atoms with Crippen LogP contribution in [0.2, 0.25) is 0 Å². The minimum absolute atomic E-state index is 0.694. The number of thioether (sulfide) groups is 1. The zero-order valence-corrected chi connectivity index (χ0v) is 15.4. The van der Waals surface area contributed by atoms with Crippen LogP contribution >= 0.6 is 11.8 Å². The zero-order chi connectivity index (χ0) is 16.6. The number of aliphatic imine (C=N–C) groups is 1. The van der Waals surface area contributed by atoms with E-state index in [-0.39, 0.29) is 0 Å². The Morgan fingerprint density at radius 1 is 0.958 bits per heavy atom. The first-order valence-corrected chi connectivity index (χ1v) is 10.4. The van der Waals surface area contributed by atoms with Crippen molar-refractivity contribution in [3.8, 4) is 0 Å². The maximum atomic E-state index is 6.21. The topological polar surface area (TPSA) is 44.9 Å². The van der Waals surface area contributed by atoms with E-state index in [0.717, 1.165) is 31.1 Å². The smallest absolute Gasteiger partial charge is 0.191 e. The molecule has 1 aromatic carbocycles. The van der Waals surface area contributed by atoms with Crippen molar-refractivity contribution in [3.63, 3.8) is 0 Å². The van der Waals surface area contributed by atoms with Crippen LogP contribution in [-0.2, 0) is 13.1 Å². The Balaban J connectivity index is 1.62. The molecule has 0 saturated carbocycles. The summed E-state index contributed by atoms with van der Waals surface area (Å²) >= 11 is 2.00. The van der Waals surface area contributed by atoms with Crippen molar-refractivity contribution in [2.45, 2.75) is 38.8 Å². The number of hydrogen-bond donors (Lipinski definition) is 1. The Labute approximate surface area is 150 Å². The van der Waals surface area contributed by atoms with Crippen molar-refractivity contribution in [1.82, 2.24) is 9.80 Å². The van der Waals surface area contributed by atoms with E-state index < -0.39 is 0 Å². The highest BCUT2D eigenvalue weighted by Gasteiger charge is 2.13. The van der Waals surface area contributed by atoms with Crippen LogP contribution in [0.1, 0.15) is 36.8 Å². The fraction of sp³-hybridized carbons (Fsp3) is 0.632. The van der Waals surface area contributed by atoms with Gasteiger partial charge in [0.25, 0.3) is 0 Å². The number of guanidine groups is 1. The van der Waals surface area contributed by atoms with E-state index >= 15 is 0 Å². The van der Waals surface area contributed by atoms with Crippen molar-refractivity contribution in [1.29, 1.82) is 0 Å². The fourth-order valence-corrected chi connectivity index (χ4v) is 4.36. The van der Waals surface area contributed by atoms with Crippen LogP contribution in [0.4, 0.5) is 0 Å². The van der Waals surface area contributed by atoms with Crippen LogP contribution in [0, 0.1) is 0 Å². The van der Waals surface area contributed by atoms with Gasteiger partial charge in [0.15, 0.2) is 5.96 Å². The van der Waals surface area contributed by atoms with E-state index in [9.17, 15) is 0 Å². The van der Waals surface area contributed by atoms with Gasteiger partial charge in [0.2, 0.25) is 0 Å². The molecule has 0 unspecified atom stereocenters. The molecule has 4 nitrogen and oxygen atoms in total. The molecule has 132 valence electrons. The summed E-state index contributed by atoms with van der Waals surface area (Å²) in [6.45, 7) is 6.24. The molecule has 0 aromatic heterocycles. The molecule has 0 amide bonds. The molecule has 2 fully saturated rings. The molecule has 1 aromatic rings. The summed E-state index contributed by atoms with van der Waals surface area (Å²) < 4.78 is 0. The van der Waals surface area contributed by atoms with E-state index in [1.807, 2.05) is 11.8 Å². The van der Waals surface area contributed by atoms with Gasteiger partial charge in [-0.25, -0.2) is 4.99 Å². The summed E-state index contributed by atoms with van der Waals surface area (Å²) in [5.74, 6) is 3.02. The second kappa shape index (κ2) is 9.33. The standard InChI is InChI=1S/C19H30N4S/c20-19(23-11-13-24-14-12-23)21-15-17-7-3-4-8-18(17)16-22-9-5-1-2-6-10-22/h3-4,7-8H,1-2,5-6,9-16H2,(H2,20,21). The molecule has 0 bridgehead atoms. The first kappa shape index (κ1) is 17.6. The summed E-state index contributed by atoms with van der Waals surface area (Å²) in [6.07, 6.45) is 5.43. The molecule has 2 heterocycles. The van der Waals surface area contributed by atoms with Gasteiger partial charge in [-0.1, -0.05) is 37.1 Å². The molecule has 0 radical (unpaired) electrons. The lowest BCUT2D eigenvalue weighted by atomic mass is 10.1. The Kier molecular flexibility index (Phi) is 6.85. The first-order chi connectivity index (χ1) is 11.8. The second-order valence-electron chi connectivity index (χ2n) is 6.73. The van der Waals surface area contributed by atoms with Crippen LogP contribution in [0.3, 0.4) is 0 Å². The molecule has 2 N–H and O–H groups in total. The van der Waals surface area contributed by atoms with E-state index in [1.54, 1.807) is 0 Å². The average molecular weight is 347 g/mol. The van der Waals surface area contributed by atoms with E-state index in [2.05, 4.69) is 39.1 Å². The van der Waals surface area contributed by atoms with Gasteiger partial charge in [-0.2, -0.15) is 11.8 Å². The Morgan fingerprint density at radius 2 is 1.62 bits per heavy atom. The number of nitrogens with zero attached hydrogens (tertiary/aromatic N) is 3. The SMILES string of the molecule is NC(=NCc1ccccc1CN1CCCCCC1)N1CCSCC1. The van der Waals surface area contributed by atoms with Crippen LogP contribution in [0.25, 0.3) is 0 Å². The molecule has 3 rings (SSSR count). The van der Waals surface area contributed by atoms with Gasteiger partial charge in [-0.05, 0) is 37.1 Å². The largest absolute Gasteiger partial charge is 0.370 e. The zero-order valence-electron chi connectivity index (χ0n) is 14.6. The van der Waals surface area contributed by atoms with Crippen molar-refractivity contribution < 1.29 is 0 Å². The quantitative estimate of drug-likeness (QED) is 0.672. The van der Waals surface area contributed by atoms with Gasteiger partial charge >= 0.3 is 0 Å². The molecule has 0 atom stereocenters. The maximum Gasteiger partial charge on any atom is 0.191 e. The third kappa shape index (κ3) is 5.15. The summed E-state index contributed by atoms with van der Waals surface area (Å²) in [6, 6.07) is 8.72. The molecule has 2 aliphatic heterocycles. The summed E-state index contributed by atoms with van der Waals surface area (Å²) in [7, 11) is 0. The summed E-state index contributed by atoms with van der Waals surface area (Å²) in [4.78, 5) is 9.50. The Bertz CT molecular complexity index is 532. The van der Waals surface area contributed by atoms with E-state index in [0.29, 0.717) is 12.5 Å². The number of rotatable bonds is 4. The average Bonchev–Trinajstić information content (AvgIpc) is 2.90. The van der Waals surface area contributed by atoms with E-state index in [1.165, 1.54) is 49.9 Å². The van der Waals surface area contributed by atoms with E-state index in [4.69, 9.17) is 5.73 Å². The summed E-state index contributed by atoms with van der Waals surface area (Å²) in [5, 5.41) is 0.